The second-order valence-corrected chi connectivity index (χ2v) is 14.0. The summed E-state index contributed by atoms with van der Waals surface area (Å²) in [4.78, 5) is 0. The largest absolute Gasteiger partial charge is 0.497 e. The number of ether oxygens (including phenoxy) is 2. The number of hydrogen-bond acceptors (Lipinski definition) is 8. The Bertz CT molecular complexity index is 876. The van der Waals surface area contributed by atoms with Crippen molar-refractivity contribution in [1.82, 2.24) is 0 Å². The molecule has 0 aromatic carbocycles. The van der Waals surface area contributed by atoms with E-state index in [-0.39, 0.29) is 0 Å². The fraction of sp³-hybridized carbons (Fsp3) is 0.667. The Morgan fingerprint density at radius 3 is 1.29 bits per heavy atom. The molecule has 0 aromatic heterocycles. The minimum Gasteiger partial charge on any atom is -0.497 e. The quantitative estimate of drug-likeness (QED) is 0.310. The molecule has 0 amide bonds. The number of hydrogen-bond donors (Lipinski definition) is 0. The molecule has 192 valence electrons. The molecule has 0 spiro atoms. The van der Waals surface area contributed by atoms with Crippen LogP contribution in [0.2, 0.25) is 0 Å². The maximum Gasteiger partial charge on any atom is 0.340 e. The van der Waals surface area contributed by atoms with Crippen molar-refractivity contribution in [2.75, 3.05) is 42.7 Å². The van der Waals surface area contributed by atoms with E-state index in [1.54, 1.807) is 14.2 Å². The molecule has 1 fully saturated rings. The van der Waals surface area contributed by atoms with Crippen molar-refractivity contribution in [2.24, 2.45) is 5.41 Å². The molecule has 3 aliphatic rings. The van der Waals surface area contributed by atoms with Gasteiger partial charge in [-0.15, -0.1) is 0 Å². The van der Waals surface area contributed by atoms with Gasteiger partial charge in [0, 0.05) is 33.9 Å². The molecule has 0 N–H and O–H groups in total. The molecular weight excluding hydrogens is 478 g/mol. The first-order valence-electron chi connectivity index (χ1n) is 11.5. The summed E-state index contributed by atoms with van der Waals surface area (Å²) < 4.78 is 62.8. The Balaban J connectivity index is 2.41. The van der Waals surface area contributed by atoms with Gasteiger partial charge >= 0.3 is 15.2 Å². The zero-order valence-electron chi connectivity index (χ0n) is 21.1. The van der Waals surface area contributed by atoms with E-state index in [9.17, 15) is 9.13 Å². The van der Waals surface area contributed by atoms with Gasteiger partial charge in [-0.25, -0.2) is 0 Å². The van der Waals surface area contributed by atoms with Gasteiger partial charge in [-0.3, -0.25) is 9.13 Å². The molecule has 10 heteroatoms. The smallest absolute Gasteiger partial charge is 0.340 e. The van der Waals surface area contributed by atoms with Gasteiger partial charge in [0.15, 0.2) is 0 Å². The second kappa shape index (κ2) is 10.5. The van der Waals surface area contributed by atoms with E-state index < -0.39 is 30.9 Å². The van der Waals surface area contributed by atoms with Crippen molar-refractivity contribution in [3.63, 3.8) is 0 Å². The zero-order valence-corrected chi connectivity index (χ0v) is 22.9. The molecule has 0 bridgehead atoms. The Morgan fingerprint density at radius 1 is 0.647 bits per heavy atom. The van der Waals surface area contributed by atoms with E-state index in [1.807, 2.05) is 36.5 Å². The van der Waals surface area contributed by atoms with E-state index in [1.165, 1.54) is 28.4 Å². The Hall–Kier alpha value is -1.14. The maximum absolute atomic E-state index is 14.5. The van der Waals surface area contributed by atoms with Crippen LogP contribution in [-0.4, -0.2) is 53.0 Å². The minimum absolute atomic E-state index is 0.329. The van der Waals surface area contributed by atoms with E-state index in [4.69, 9.17) is 27.6 Å². The van der Waals surface area contributed by atoms with Crippen LogP contribution in [0.3, 0.4) is 0 Å². The fourth-order valence-corrected chi connectivity index (χ4v) is 11.1. The summed E-state index contributed by atoms with van der Waals surface area (Å²) in [6.45, 7) is 0. The van der Waals surface area contributed by atoms with Gasteiger partial charge in [-0.1, -0.05) is 31.4 Å². The molecule has 0 heterocycles. The predicted molar refractivity (Wildman–Crippen MR) is 132 cm³/mol. The van der Waals surface area contributed by atoms with Gasteiger partial charge < -0.3 is 27.6 Å². The maximum atomic E-state index is 14.5. The average Bonchev–Trinajstić information content (AvgIpc) is 2.92. The molecule has 0 aliphatic heterocycles. The molecule has 1 saturated carbocycles. The van der Waals surface area contributed by atoms with E-state index in [0.29, 0.717) is 37.2 Å². The lowest BCUT2D eigenvalue weighted by atomic mass is 9.55. The first-order valence-corrected chi connectivity index (χ1v) is 14.6. The molecule has 3 rings (SSSR count). The predicted octanol–water partition coefficient (Wildman–Crippen LogP) is 6.37. The number of methoxy groups -OCH3 is 2. The highest BCUT2D eigenvalue weighted by molar-refractivity contribution is 7.57. The summed E-state index contributed by atoms with van der Waals surface area (Å²) >= 11 is 0. The van der Waals surface area contributed by atoms with Crippen molar-refractivity contribution >= 4 is 15.2 Å². The van der Waals surface area contributed by atoms with Crippen molar-refractivity contribution in [3.8, 4) is 0 Å². The molecule has 0 saturated heterocycles. The summed E-state index contributed by atoms with van der Waals surface area (Å²) in [5, 5.41) is -2.27. The lowest BCUT2D eigenvalue weighted by Gasteiger charge is -2.62. The van der Waals surface area contributed by atoms with Crippen LogP contribution < -0.4 is 0 Å². The highest BCUT2D eigenvalue weighted by atomic mass is 31.2. The highest BCUT2D eigenvalue weighted by Crippen LogP contribution is 2.81. The Morgan fingerprint density at radius 2 is 1.03 bits per heavy atom. The standard InChI is InChI=1S/C24H38O8P2/c1-27-20-10-16-23(17-11-20,33(25,29-3)30-4)22(14-8-7-9-15-22)24(34(26,31-5)32-6)18-12-21(28-2)13-19-24/h10-13,16,18H,7-9,14-15,17,19H2,1-6H3. The van der Waals surface area contributed by atoms with E-state index >= 15 is 0 Å². The van der Waals surface area contributed by atoms with Crippen molar-refractivity contribution in [3.05, 3.63) is 48.0 Å². The molecule has 34 heavy (non-hydrogen) atoms. The van der Waals surface area contributed by atoms with Crippen LogP contribution in [-0.2, 0) is 36.7 Å². The monoisotopic (exact) mass is 516 g/mol. The van der Waals surface area contributed by atoms with Gasteiger partial charge in [0.1, 0.15) is 21.8 Å². The van der Waals surface area contributed by atoms with Crippen molar-refractivity contribution < 1.29 is 36.7 Å². The van der Waals surface area contributed by atoms with Gasteiger partial charge in [-0.05, 0) is 50.0 Å². The number of rotatable bonds is 10. The first-order chi connectivity index (χ1) is 16.2. The van der Waals surface area contributed by atoms with Crippen molar-refractivity contribution in [1.29, 1.82) is 0 Å². The fourth-order valence-electron chi connectivity index (χ4n) is 6.36. The van der Waals surface area contributed by atoms with Crippen LogP contribution >= 0.6 is 15.2 Å². The number of allylic oxidation sites excluding steroid dienone is 6. The molecule has 0 aromatic rings. The Kier molecular flexibility index (Phi) is 8.44. The summed E-state index contributed by atoms with van der Waals surface area (Å²) in [5.74, 6) is 1.33. The van der Waals surface area contributed by atoms with Crippen LogP contribution in [0.25, 0.3) is 0 Å². The third kappa shape index (κ3) is 3.82. The van der Waals surface area contributed by atoms with E-state index in [2.05, 4.69) is 0 Å². The summed E-state index contributed by atoms with van der Waals surface area (Å²) in [6.07, 6.45) is 15.9. The van der Waals surface area contributed by atoms with Crippen LogP contribution in [0.4, 0.5) is 0 Å². The topological polar surface area (TPSA) is 89.5 Å². The summed E-state index contributed by atoms with van der Waals surface area (Å²) in [5.41, 5.74) is -0.847. The lowest BCUT2D eigenvalue weighted by Crippen LogP contribution is -2.61. The average molecular weight is 517 g/mol. The molecule has 8 nitrogen and oxygen atoms in total. The third-order valence-electron chi connectivity index (χ3n) is 8.05. The van der Waals surface area contributed by atoms with Gasteiger partial charge in [0.25, 0.3) is 0 Å². The zero-order chi connectivity index (χ0) is 25.1. The molecule has 2 atom stereocenters. The SMILES string of the molecule is COC1=CCC(C2(C3(P(=O)(OC)OC)C=CC(OC)=CC3)CCCCC2)(P(=O)(OC)OC)C=C1. The van der Waals surface area contributed by atoms with Crippen LogP contribution in [0.1, 0.15) is 44.9 Å². The van der Waals surface area contributed by atoms with E-state index in [0.717, 1.165) is 19.3 Å². The highest BCUT2D eigenvalue weighted by Gasteiger charge is 2.73. The third-order valence-corrected chi connectivity index (χ3v) is 13.4. The Labute approximate surface area is 203 Å². The van der Waals surface area contributed by atoms with Crippen LogP contribution in [0.5, 0.6) is 0 Å². The second-order valence-electron chi connectivity index (χ2n) is 8.91. The summed E-state index contributed by atoms with van der Waals surface area (Å²) in [7, 11) is 1.25. The van der Waals surface area contributed by atoms with Crippen LogP contribution in [0, 0.1) is 5.41 Å². The molecule has 3 aliphatic carbocycles. The van der Waals surface area contributed by atoms with Crippen LogP contribution in [0.15, 0.2) is 48.0 Å². The van der Waals surface area contributed by atoms with Crippen molar-refractivity contribution in [2.45, 2.75) is 55.3 Å². The van der Waals surface area contributed by atoms with Gasteiger partial charge in [0.2, 0.25) is 0 Å². The molecular formula is C24H38O8P2. The summed E-state index contributed by atoms with van der Waals surface area (Å²) in [6, 6.07) is 0. The lowest BCUT2D eigenvalue weighted by molar-refractivity contribution is 0.0596. The normalized spacial score (nSPS) is 29.4. The molecule has 0 radical (unpaired) electrons. The molecule has 2 unspecified atom stereocenters. The van der Waals surface area contributed by atoms with Gasteiger partial charge in [-0.2, -0.15) is 0 Å². The first kappa shape index (κ1) is 27.4. The minimum atomic E-state index is -3.79. The van der Waals surface area contributed by atoms with Gasteiger partial charge in [0.05, 0.1) is 14.2 Å².